The molecule has 0 saturated carbocycles. The van der Waals surface area contributed by atoms with Crippen molar-refractivity contribution >= 4 is 28.3 Å². The fourth-order valence-corrected chi connectivity index (χ4v) is 2.75. The Morgan fingerprint density at radius 3 is 2.68 bits per heavy atom. The molecule has 0 atom stereocenters. The van der Waals surface area contributed by atoms with Crippen LogP contribution in [0, 0.1) is 13.8 Å². The summed E-state index contributed by atoms with van der Waals surface area (Å²) in [6.07, 6.45) is 0.362. The highest BCUT2D eigenvalue weighted by atomic mass is 32.1. The zero-order valence-corrected chi connectivity index (χ0v) is 13.7. The highest BCUT2D eigenvalue weighted by molar-refractivity contribution is 7.14. The van der Waals surface area contributed by atoms with Crippen LogP contribution in [-0.4, -0.2) is 23.3 Å². The van der Waals surface area contributed by atoms with E-state index in [1.807, 2.05) is 31.4 Å². The first-order chi connectivity index (χ1) is 10.5. The van der Waals surface area contributed by atoms with Crippen LogP contribution in [0.25, 0.3) is 11.3 Å². The molecule has 0 unspecified atom stereocenters. The normalized spacial score (nSPS) is 10.3. The van der Waals surface area contributed by atoms with E-state index in [4.69, 9.17) is 0 Å². The van der Waals surface area contributed by atoms with E-state index < -0.39 is 0 Å². The molecule has 2 amide bonds. The zero-order valence-electron chi connectivity index (χ0n) is 12.9. The molecule has 0 spiro atoms. The number of nitrogens with zero attached hydrogens (tertiary/aromatic N) is 1. The summed E-state index contributed by atoms with van der Waals surface area (Å²) < 4.78 is 0. The average Bonchev–Trinajstić information content (AvgIpc) is 2.92. The maximum atomic E-state index is 11.7. The number of carbonyl (C=O) groups excluding carboxylic acids is 2. The number of rotatable bonds is 5. The van der Waals surface area contributed by atoms with Crippen LogP contribution in [0.2, 0.25) is 0 Å². The second-order valence-electron chi connectivity index (χ2n) is 5.03. The highest BCUT2D eigenvalue weighted by Gasteiger charge is 2.10. The van der Waals surface area contributed by atoms with Crippen LogP contribution in [0.3, 0.4) is 0 Å². The van der Waals surface area contributed by atoms with Gasteiger partial charge in [-0.25, -0.2) is 4.98 Å². The van der Waals surface area contributed by atoms with E-state index in [2.05, 4.69) is 21.7 Å². The minimum Gasteiger partial charge on any atom is -0.347 e. The maximum absolute atomic E-state index is 11.7. The maximum Gasteiger partial charge on any atom is 0.245 e. The van der Waals surface area contributed by atoms with Gasteiger partial charge in [-0.3, -0.25) is 9.59 Å². The molecule has 0 aliphatic carbocycles. The minimum atomic E-state index is -0.275. The summed E-state index contributed by atoms with van der Waals surface area (Å²) in [6, 6.07) is 6.18. The van der Waals surface area contributed by atoms with Crippen molar-refractivity contribution in [1.82, 2.24) is 10.3 Å². The quantitative estimate of drug-likeness (QED) is 0.891. The molecule has 1 heterocycles. The smallest absolute Gasteiger partial charge is 0.245 e. The average molecular weight is 317 g/mol. The van der Waals surface area contributed by atoms with E-state index >= 15 is 0 Å². The molecule has 2 aromatic rings. The number of anilines is 1. The summed E-state index contributed by atoms with van der Waals surface area (Å²) >= 11 is 1.37. The van der Waals surface area contributed by atoms with E-state index in [9.17, 15) is 9.59 Å². The van der Waals surface area contributed by atoms with E-state index in [1.54, 1.807) is 6.92 Å². The molecule has 116 valence electrons. The Hall–Kier alpha value is -2.21. The van der Waals surface area contributed by atoms with Gasteiger partial charge in [0, 0.05) is 17.4 Å². The first kappa shape index (κ1) is 16.2. The Morgan fingerprint density at radius 2 is 2.00 bits per heavy atom. The van der Waals surface area contributed by atoms with Crippen molar-refractivity contribution in [2.75, 3.05) is 11.9 Å². The van der Waals surface area contributed by atoms with Crippen molar-refractivity contribution in [3.05, 3.63) is 34.7 Å². The Kier molecular flexibility index (Phi) is 5.27. The molecule has 0 radical (unpaired) electrons. The van der Waals surface area contributed by atoms with Gasteiger partial charge in [0.2, 0.25) is 11.8 Å². The second kappa shape index (κ2) is 7.17. The van der Waals surface area contributed by atoms with Gasteiger partial charge in [0.15, 0.2) is 5.13 Å². The predicted octanol–water partition coefficient (Wildman–Crippen LogP) is 2.89. The number of amides is 2. The van der Waals surface area contributed by atoms with Crippen molar-refractivity contribution in [2.45, 2.75) is 27.2 Å². The summed E-state index contributed by atoms with van der Waals surface area (Å²) in [6.45, 7) is 5.80. The van der Waals surface area contributed by atoms with Crippen LogP contribution in [-0.2, 0) is 9.59 Å². The lowest BCUT2D eigenvalue weighted by Crippen LogP contribution is -2.32. The zero-order chi connectivity index (χ0) is 16.1. The lowest BCUT2D eigenvalue weighted by atomic mass is 10.0. The monoisotopic (exact) mass is 317 g/mol. The summed E-state index contributed by atoms with van der Waals surface area (Å²) in [4.78, 5) is 27.3. The Bertz CT molecular complexity index is 694. The van der Waals surface area contributed by atoms with Crippen LogP contribution >= 0.6 is 11.3 Å². The predicted molar refractivity (Wildman–Crippen MR) is 89.0 cm³/mol. The number of aromatic nitrogens is 1. The third-order valence-corrected chi connectivity index (χ3v) is 3.93. The van der Waals surface area contributed by atoms with Crippen molar-refractivity contribution < 1.29 is 9.59 Å². The molecule has 0 fully saturated rings. The first-order valence-corrected chi connectivity index (χ1v) is 7.97. The van der Waals surface area contributed by atoms with E-state index in [0.717, 1.165) is 16.8 Å². The lowest BCUT2D eigenvalue weighted by molar-refractivity contribution is -0.123. The first-order valence-electron chi connectivity index (χ1n) is 7.09. The Labute approximate surface area is 133 Å². The molecular formula is C16H19N3O2S. The molecule has 1 aromatic heterocycles. The largest absolute Gasteiger partial charge is 0.347 e. The van der Waals surface area contributed by atoms with Gasteiger partial charge in [-0.05, 0) is 19.4 Å². The van der Waals surface area contributed by atoms with Gasteiger partial charge in [0.05, 0.1) is 12.2 Å². The lowest BCUT2D eigenvalue weighted by Gasteiger charge is -2.04. The topological polar surface area (TPSA) is 71.1 Å². The van der Waals surface area contributed by atoms with Crippen molar-refractivity contribution in [3.8, 4) is 11.3 Å². The molecule has 0 aliphatic heterocycles. The molecule has 22 heavy (non-hydrogen) atoms. The molecule has 0 aliphatic rings. The number of hydrogen-bond donors (Lipinski definition) is 2. The standard InChI is InChI=1S/C16H19N3O2S/c1-4-14(20)17-8-15(21)19-16-18-13(9-22-16)12-6-5-10(2)7-11(12)3/h5-7,9H,4,8H2,1-3H3,(H,17,20)(H,18,19,21). The van der Waals surface area contributed by atoms with E-state index in [1.165, 1.54) is 16.9 Å². The van der Waals surface area contributed by atoms with Gasteiger partial charge in [-0.2, -0.15) is 0 Å². The number of nitrogens with one attached hydrogen (secondary N) is 2. The van der Waals surface area contributed by atoms with Crippen LogP contribution < -0.4 is 10.6 Å². The Balaban J connectivity index is 2.02. The fraction of sp³-hybridized carbons (Fsp3) is 0.312. The number of aryl methyl sites for hydroxylation is 2. The molecule has 6 heteroatoms. The van der Waals surface area contributed by atoms with Gasteiger partial charge in [0.25, 0.3) is 0 Å². The number of hydrogen-bond acceptors (Lipinski definition) is 4. The number of carbonyl (C=O) groups is 2. The summed E-state index contributed by atoms with van der Waals surface area (Å²) in [5, 5.41) is 7.68. The molecule has 1 aromatic carbocycles. The van der Waals surface area contributed by atoms with Crippen LogP contribution in [0.15, 0.2) is 23.6 Å². The van der Waals surface area contributed by atoms with E-state index in [-0.39, 0.29) is 18.4 Å². The summed E-state index contributed by atoms with van der Waals surface area (Å²) in [7, 11) is 0. The van der Waals surface area contributed by atoms with Gasteiger partial charge >= 0.3 is 0 Å². The van der Waals surface area contributed by atoms with Gasteiger partial charge < -0.3 is 10.6 Å². The third-order valence-electron chi connectivity index (χ3n) is 3.18. The molecule has 2 rings (SSSR count). The van der Waals surface area contributed by atoms with Gasteiger partial charge in [0.1, 0.15) is 0 Å². The third kappa shape index (κ3) is 4.14. The summed E-state index contributed by atoms with van der Waals surface area (Å²) in [5.41, 5.74) is 4.26. The van der Waals surface area contributed by atoms with Crippen LogP contribution in [0.1, 0.15) is 24.5 Å². The Morgan fingerprint density at radius 1 is 1.23 bits per heavy atom. The van der Waals surface area contributed by atoms with Crippen LogP contribution in [0.5, 0.6) is 0 Å². The molecule has 2 N–H and O–H groups in total. The van der Waals surface area contributed by atoms with Crippen molar-refractivity contribution in [1.29, 1.82) is 0 Å². The number of benzene rings is 1. The molecule has 0 bridgehead atoms. The number of thiazole rings is 1. The van der Waals surface area contributed by atoms with Crippen LogP contribution in [0.4, 0.5) is 5.13 Å². The molecular weight excluding hydrogens is 298 g/mol. The SMILES string of the molecule is CCC(=O)NCC(=O)Nc1nc(-c2ccc(C)cc2C)cs1. The molecule has 0 saturated heterocycles. The summed E-state index contributed by atoms with van der Waals surface area (Å²) in [5.74, 6) is -0.423. The fourth-order valence-electron chi connectivity index (χ4n) is 2.02. The van der Waals surface area contributed by atoms with Crippen molar-refractivity contribution in [3.63, 3.8) is 0 Å². The van der Waals surface area contributed by atoms with Gasteiger partial charge in [-0.1, -0.05) is 30.7 Å². The second-order valence-corrected chi connectivity index (χ2v) is 5.89. The van der Waals surface area contributed by atoms with Gasteiger partial charge in [-0.15, -0.1) is 11.3 Å². The highest BCUT2D eigenvalue weighted by Crippen LogP contribution is 2.27. The van der Waals surface area contributed by atoms with Crippen molar-refractivity contribution in [2.24, 2.45) is 0 Å². The minimum absolute atomic E-state index is 0.0366. The van der Waals surface area contributed by atoms with E-state index in [0.29, 0.717) is 11.6 Å². The molecule has 5 nitrogen and oxygen atoms in total.